The molecule has 10 nitrogen and oxygen atoms in total. The third-order valence-corrected chi connectivity index (χ3v) is 10.4. The third kappa shape index (κ3) is 5.99. The molecule has 2 saturated heterocycles. The molecule has 0 radical (unpaired) electrons. The van der Waals surface area contributed by atoms with E-state index in [9.17, 15) is 19.8 Å². The molecule has 4 bridgehead atoms. The van der Waals surface area contributed by atoms with E-state index in [1.807, 2.05) is 24.3 Å². The maximum absolute atomic E-state index is 9.77. The Morgan fingerprint density at radius 1 is 0.738 bits per heavy atom. The Hall–Kier alpha value is -3.18. The summed E-state index contributed by atoms with van der Waals surface area (Å²) in [5, 5.41) is 59.1. The molecular weight excluding hydrogens is 540 g/mol. The van der Waals surface area contributed by atoms with Crippen molar-refractivity contribution >= 4 is 11.9 Å². The van der Waals surface area contributed by atoms with E-state index >= 15 is 0 Å². The van der Waals surface area contributed by atoms with Crippen molar-refractivity contribution in [2.45, 2.75) is 88.5 Å². The van der Waals surface area contributed by atoms with Crippen LogP contribution < -0.4 is 10.6 Å². The van der Waals surface area contributed by atoms with Crippen molar-refractivity contribution < 1.29 is 40.2 Å². The van der Waals surface area contributed by atoms with E-state index in [1.165, 1.54) is 35.1 Å². The first-order valence-electron chi connectivity index (χ1n) is 14.6. The highest BCUT2D eigenvalue weighted by molar-refractivity contribution is 5.83. The summed E-state index contributed by atoms with van der Waals surface area (Å²) in [6, 6.07) is 13.0. The van der Waals surface area contributed by atoms with Crippen LogP contribution >= 0.6 is 0 Å². The van der Waals surface area contributed by atoms with Crippen molar-refractivity contribution in [1.29, 1.82) is 0 Å². The zero-order chi connectivity index (χ0) is 31.0. The minimum absolute atomic E-state index is 0.238. The molecule has 6 rings (SSSR count). The van der Waals surface area contributed by atoms with Gasteiger partial charge in [-0.15, -0.1) is 0 Å². The lowest BCUT2D eigenvalue weighted by Crippen LogP contribution is -2.56. The molecule has 0 amide bonds. The number of aliphatic hydroxyl groups excluding tert-OH is 2. The van der Waals surface area contributed by atoms with Gasteiger partial charge in [0.25, 0.3) is 0 Å². The Balaban J connectivity index is 0.000000150. The molecule has 2 aliphatic carbocycles. The predicted molar refractivity (Wildman–Crippen MR) is 157 cm³/mol. The minimum atomic E-state index is -2.27. The second-order valence-corrected chi connectivity index (χ2v) is 12.7. The first-order valence-corrected chi connectivity index (χ1v) is 14.6. The molecule has 0 aromatic heterocycles. The minimum Gasteiger partial charge on any atom is -0.508 e. The van der Waals surface area contributed by atoms with Gasteiger partial charge in [-0.25, -0.2) is 9.59 Å². The predicted octanol–water partition coefficient (Wildman–Crippen LogP) is 2.29. The van der Waals surface area contributed by atoms with Crippen LogP contribution in [0.5, 0.6) is 11.5 Å². The fraction of sp³-hybridized carbons (Fsp3) is 0.562. The summed E-state index contributed by atoms with van der Waals surface area (Å²) in [7, 11) is 0. The lowest BCUT2D eigenvalue weighted by Gasteiger charge is -2.50. The first-order chi connectivity index (χ1) is 19.7. The molecule has 10 heteroatoms. The summed E-state index contributed by atoms with van der Waals surface area (Å²) >= 11 is 0. The van der Waals surface area contributed by atoms with Crippen molar-refractivity contribution in [3.63, 3.8) is 0 Å². The first kappa shape index (κ1) is 31.7. The number of hydrogen-bond donors (Lipinski definition) is 8. The molecule has 4 aliphatic rings. The van der Waals surface area contributed by atoms with Crippen LogP contribution in [0.25, 0.3) is 0 Å². The standard InChI is InChI=1S/2C14H19NO.C4H6O6/c2*1-9-13-7-10-3-4-11(16)8-12(10)14(9,2)5-6-15-13;5-1(3(7)8)2(6)4(9)10/h2*3-4,8-9,13,15-16H,5-7H2,1-2H3;1-2,5-6H,(H,7,8)(H,9,10). The van der Waals surface area contributed by atoms with Crippen molar-refractivity contribution in [3.8, 4) is 11.5 Å². The lowest BCUT2D eigenvalue weighted by atomic mass is 9.59. The molecule has 0 saturated carbocycles. The number of hydrogen-bond acceptors (Lipinski definition) is 8. The van der Waals surface area contributed by atoms with Crippen LogP contribution in [0.15, 0.2) is 36.4 Å². The van der Waals surface area contributed by atoms with Crippen LogP contribution in [0.2, 0.25) is 0 Å². The third-order valence-electron chi connectivity index (χ3n) is 10.4. The van der Waals surface area contributed by atoms with Gasteiger partial charge in [0.2, 0.25) is 0 Å². The monoisotopic (exact) mass is 584 g/mol. The maximum Gasteiger partial charge on any atom is 0.335 e. The van der Waals surface area contributed by atoms with Crippen molar-refractivity contribution in [3.05, 3.63) is 58.7 Å². The molecular formula is C32H44N2O8. The summed E-state index contributed by atoms with van der Waals surface area (Å²) in [6.07, 6.45) is 0.0102. The summed E-state index contributed by atoms with van der Waals surface area (Å²) in [4.78, 5) is 19.5. The van der Waals surface area contributed by atoms with E-state index in [0.717, 1.165) is 25.9 Å². The highest BCUT2D eigenvalue weighted by Gasteiger charge is 2.46. The lowest BCUT2D eigenvalue weighted by molar-refractivity contribution is -0.165. The Bertz CT molecular complexity index is 1220. The Morgan fingerprint density at radius 3 is 1.43 bits per heavy atom. The molecule has 2 aromatic carbocycles. The molecule has 2 aromatic rings. The summed E-state index contributed by atoms with van der Waals surface area (Å²) in [6.45, 7) is 11.6. The van der Waals surface area contributed by atoms with E-state index in [0.29, 0.717) is 35.4 Å². The van der Waals surface area contributed by atoms with E-state index in [2.05, 4.69) is 50.5 Å². The number of aliphatic hydroxyl groups is 2. The number of rotatable bonds is 3. The molecule has 230 valence electrons. The maximum atomic E-state index is 9.77. The number of phenols is 2. The van der Waals surface area contributed by atoms with Crippen LogP contribution in [0.4, 0.5) is 0 Å². The molecule has 8 N–H and O–H groups in total. The van der Waals surface area contributed by atoms with Gasteiger partial charge in [-0.3, -0.25) is 0 Å². The number of phenolic OH excluding ortho intramolecular Hbond substituents is 2. The molecule has 2 fully saturated rings. The largest absolute Gasteiger partial charge is 0.508 e. The Labute approximate surface area is 246 Å². The van der Waals surface area contributed by atoms with E-state index in [4.69, 9.17) is 20.4 Å². The molecule has 2 heterocycles. The number of piperidine rings is 2. The van der Waals surface area contributed by atoms with Crippen LogP contribution in [-0.4, -0.2) is 80.0 Å². The van der Waals surface area contributed by atoms with Crippen LogP contribution in [0, 0.1) is 11.8 Å². The number of carboxylic acid groups (broad SMARTS) is 2. The number of benzene rings is 2. The SMILES string of the molecule is CC1C2Cc3ccc(O)cc3C1(C)CCN2.CC1C2Cc3ccc(O)cc3C1(C)CCN2.O=C(O)C(O)C(O)C(=O)O. The van der Waals surface area contributed by atoms with Crippen molar-refractivity contribution in [2.75, 3.05) is 13.1 Å². The second-order valence-electron chi connectivity index (χ2n) is 12.7. The quantitative estimate of drug-likeness (QED) is 0.267. The van der Waals surface area contributed by atoms with Gasteiger partial charge in [0.1, 0.15) is 11.5 Å². The Kier molecular flexibility index (Phi) is 9.22. The highest BCUT2D eigenvalue weighted by atomic mass is 16.4. The average Bonchev–Trinajstić information content (AvgIpc) is 2.93. The fourth-order valence-electron chi connectivity index (χ4n) is 7.28. The van der Waals surface area contributed by atoms with Crippen LogP contribution in [0.3, 0.4) is 0 Å². The van der Waals surface area contributed by atoms with E-state index in [1.54, 1.807) is 0 Å². The molecule has 42 heavy (non-hydrogen) atoms. The number of nitrogens with one attached hydrogen (secondary N) is 2. The summed E-state index contributed by atoms with van der Waals surface area (Å²) < 4.78 is 0. The average molecular weight is 585 g/mol. The van der Waals surface area contributed by atoms with Crippen LogP contribution in [-0.2, 0) is 33.3 Å². The van der Waals surface area contributed by atoms with E-state index < -0.39 is 24.1 Å². The normalized spacial score (nSPS) is 31.9. The smallest absolute Gasteiger partial charge is 0.335 e. The number of carboxylic acids is 2. The zero-order valence-electron chi connectivity index (χ0n) is 24.7. The molecule has 0 spiro atoms. The summed E-state index contributed by atoms with van der Waals surface area (Å²) in [5.41, 5.74) is 6.05. The van der Waals surface area contributed by atoms with Gasteiger partial charge < -0.3 is 41.3 Å². The van der Waals surface area contributed by atoms with Gasteiger partial charge in [-0.2, -0.15) is 0 Å². The molecule has 2 aliphatic heterocycles. The van der Waals surface area contributed by atoms with E-state index in [-0.39, 0.29) is 10.8 Å². The number of fused-ring (bicyclic) bond motifs is 8. The highest BCUT2D eigenvalue weighted by Crippen LogP contribution is 2.47. The van der Waals surface area contributed by atoms with Gasteiger partial charge in [-0.1, -0.05) is 39.8 Å². The van der Waals surface area contributed by atoms with Gasteiger partial charge in [0, 0.05) is 12.1 Å². The topological polar surface area (TPSA) is 180 Å². The fourth-order valence-corrected chi connectivity index (χ4v) is 7.28. The Morgan fingerprint density at radius 2 is 1.10 bits per heavy atom. The van der Waals surface area contributed by atoms with Gasteiger partial charge in [0.05, 0.1) is 0 Å². The van der Waals surface area contributed by atoms with Gasteiger partial charge >= 0.3 is 11.9 Å². The van der Waals surface area contributed by atoms with Crippen molar-refractivity contribution in [1.82, 2.24) is 10.6 Å². The number of aromatic hydroxyl groups is 2. The second kappa shape index (κ2) is 12.2. The van der Waals surface area contributed by atoms with Crippen LogP contribution in [0.1, 0.15) is 62.8 Å². The summed E-state index contributed by atoms with van der Waals surface area (Å²) in [5.74, 6) is -1.43. The number of aliphatic carboxylic acids is 2. The molecule has 8 atom stereocenters. The van der Waals surface area contributed by atoms with Gasteiger partial charge in [-0.05, 0) is 108 Å². The molecule has 8 unspecified atom stereocenters. The van der Waals surface area contributed by atoms with Gasteiger partial charge in [0.15, 0.2) is 12.2 Å². The zero-order valence-corrected chi connectivity index (χ0v) is 24.7. The number of carbonyl (C=O) groups is 2. The van der Waals surface area contributed by atoms with Crippen molar-refractivity contribution in [2.24, 2.45) is 11.8 Å².